The molecule has 14 heavy (non-hydrogen) atoms. The first-order valence-corrected chi connectivity index (χ1v) is 4.88. The number of hydrogen-bond donors (Lipinski definition) is 1. The van der Waals surface area contributed by atoms with Gasteiger partial charge < -0.3 is 5.11 Å². The van der Waals surface area contributed by atoms with Crippen LogP contribution in [0.4, 0.5) is 0 Å². The largest absolute Gasteiger partial charge is 0.481 e. The van der Waals surface area contributed by atoms with Gasteiger partial charge in [-0.1, -0.05) is 38.2 Å². The summed E-state index contributed by atoms with van der Waals surface area (Å²) in [5.74, 6) is -0.723. The molecule has 0 fully saturated rings. The number of hydrogen-bond acceptors (Lipinski definition) is 1. The highest BCUT2D eigenvalue weighted by atomic mass is 16.4. The van der Waals surface area contributed by atoms with Gasteiger partial charge in [-0.2, -0.15) is 0 Å². The van der Waals surface area contributed by atoms with Crippen molar-refractivity contribution in [1.29, 1.82) is 0 Å². The van der Waals surface area contributed by atoms with Crippen molar-refractivity contribution in [2.24, 2.45) is 5.41 Å². The summed E-state index contributed by atoms with van der Waals surface area (Å²) in [7, 11) is 0. The molecule has 80 valence electrons. The van der Waals surface area contributed by atoms with Gasteiger partial charge in [0.15, 0.2) is 0 Å². The molecule has 0 saturated heterocycles. The van der Waals surface area contributed by atoms with Crippen molar-refractivity contribution < 1.29 is 9.90 Å². The second-order valence-electron chi connectivity index (χ2n) is 4.43. The van der Waals surface area contributed by atoms with E-state index in [-0.39, 0.29) is 11.8 Å². The van der Waals surface area contributed by atoms with Crippen molar-refractivity contribution >= 4 is 5.97 Å². The Hall–Kier alpha value is -1.05. The summed E-state index contributed by atoms with van der Waals surface area (Å²) in [5, 5.41) is 8.67. The molecule has 0 bridgehead atoms. The lowest BCUT2D eigenvalue weighted by molar-refractivity contribution is -0.139. The molecule has 0 aromatic carbocycles. The van der Waals surface area contributed by atoms with E-state index in [2.05, 4.69) is 12.7 Å². The molecule has 0 aromatic rings. The van der Waals surface area contributed by atoms with Gasteiger partial charge in [0.1, 0.15) is 0 Å². The van der Waals surface area contributed by atoms with E-state index in [0.717, 1.165) is 18.4 Å². The summed E-state index contributed by atoms with van der Waals surface area (Å²) in [6, 6.07) is 0. The maximum absolute atomic E-state index is 10.5. The number of carboxylic acid groups (broad SMARTS) is 1. The first-order valence-electron chi connectivity index (χ1n) is 4.88. The molecule has 0 heterocycles. The van der Waals surface area contributed by atoms with Crippen LogP contribution in [0.2, 0.25) is 0 Å². The molecular weight excluding hydrogens is 176 g/mol. The molecule has 0 radical (unpaired) electrons. The van der Waals surface area contributed by atoms with Crippen LogP contribution < -0.4 is 0 Å². The van der Waals surface area contributed by atoms with Crippen molar-refractivity contribution in [2.75, 3.05) is 0 Å². The fourth-order valence-electron chi connectivity index (χ4n) is 1.27. The zero-order chi connectivity index (χ0) is 11.2. The quantitative estimate of drug-likeness (QED) is 0.661. The van der Waals surface area contributed by atoms with Crippen molar-refractivity contribution in [3.05, 3.63) is 24.3 Å². The summed E-state index contributed by atoms with van der Waals surface area (Å²) in [6.45, 7) is 9.63. The number of aliphatic carboxylic acids is 1. The summed E-state index contributed by atoms with van der Waals surface area (Å²) in [5.41, 5.74) is 1.03. The number of rotatable bonds is 6. The van der Waals surface area contributed by atoms with E-state index in [9.17, 15) is 4.79 Å². The standard InChI is InChI=1S/C12H20O2/c1-5-10(2)7-6-8-12(3,4)9-11(13)14/h5,7H,1,6,8-9H2,2-4H3,(H,13,14). The fourth-order valence-corrected chi connectivity index (χ4v) is 1.27. The van der Waals surface area contributed by atoms with Crippen LogP contribution in [0.15, 0.2) is 24.3 Å². The maximum atomic E-state index is 10.5. The van der Waals surface area contributed by atoms with Gasteiger partial charge in [-0.05, 0) is 25.2 Å². The highest BCUT2D eigenvalue weighted by Crippen LogP contribution is 2.26. The van der Waals surface area contributed by atoms with Gasteiger partial charge in [-0.25, -0.2) is 0 Å². The van der Waals surface area contributed by atoms with E-state index in [1.807, 2.05) is 26.8 Å². The van der Waals surface area contributed by atoms with Gasteiger partial charge in [-0.15, -0.1) is 0 Å². The minimum Gasteiger partial charge on any atom is -0.481 e. The SMILES string of the molecule is C=CC(C)=CCCC(C)(C)CC(=O)O. The second kappa shape index (κ2) is 5.63. The van der Waals surface area contributed by atoms with Gasteiger partial charge in [-0.3, -0.25) is 4.79 Å². The number of carboxylic acids is 1. The van der Waals surface area contributed by atoms with E-state index >= 15 is 0 Å². The zero-order valence-electron chi connectivity index (χ0n) is 9.34. The lowest BCUT2D eigenvalue weighted by Crippen LogP contribution is -2.16. The third-order valence-electron chi connectivity index (χ3n) is 2.24. The molecule has 2 nitrogen and oxygen atoms in total. The molecule has 0 unspecified atom stereocenters. The normalized spacial score (nSPS) is 12.6. The lowest BCUT2D eigenvalue weighted by atomic mass is 9.84. The average Bonchev–Trinajstić information content (AvgIpc) is 2.01. The Bertz CT molecular complexity index is 237. The molecule has 0 atom stereocenters. The minimum atomic E-state index is -0.723. The first-order chi connectivity index (χ1) is 6.37. The topological polar surface area (TPSA) is 37.3 Å². The highest BCUT2D eigenvalue weighted by molar-refractivity contribution is 5.67. The monoisotopic (exact) mass is 196 g/mol. The Morgan fingerprint density at radius 2 is 2.07 bits per heavy atom. The van der Waals surface area contributed by atoms with Crippen molar-refractivity contribution in [3.8, 4) is 0 Å². The smallest absolute Gasteiger partial charge is 0.303 e. The molecule has 0 amide bonds. The Balaban J connectivity index is 3.99. The zero-order valence-corrected chi connectivity index (χ0v) is 9.34. The van der Waals surface area contributed by atoms with Crippen LogP contribution in [0.25, 0.3) is 0 Å². The molecule has 0 saturated carbocycles. The van der Waals surface area contributed by atoms with Gasteiger partial charge in [0.05, 0.1) is 6.42 Å². The number of carbonyl (C=O) groups is 1. The molecule has 0 aromatic heterocycles. The molecule has 2 heteroatoms. The molecule has 0 aliphatic rings. The van der Waals surface area contributed by atoms with Crippen LogP contribution in [0, 0.1) is 5.41 Å². The van der Waals surface area contributed by atoms with Crippen molar-refractivity contribution in [3.63, 3.8) is 0 Å². The fraction of sp³-hybridized carbons (Fsp3) is 0.583. The molecule has 0 rings (SSSR count). The highest BCUT2D eigenvalue weighted by Gasteiger charge is 2.20. The molecule has 0 aliphatic carbocycles. The summed E-state index contributed by atoms with van der Waals surface area (Å²) < 4.78 is 0. The summed E-state index contributed by atoms with van der Waals surface area (Å²) >= 11 is 0. The van der Waals surface area contributed by atoms with E-state index in [0.29, 0.717) is 0 Å². The third-order valence-corrected chi connectivity index (χ3v) is 2.24. The van der Waals surface area contributed by atoms with Gasteiger partial charge >= 0.3 is 5.97 Å². The average molecular weight is 196 g/mol. The van der Waals surface area contributed by atoms with Gasteiger partial charge in [0, 0.05) is 0 Å². The van der Waals surface area contributed by atoms with E-state index in [1.165, 1.54) is 0 Å². The van der Waals surface area contributed by atoms with Crippen LogP contribution >= 0.6 is 0 Å². The molecular formula is C12H20O2. The molecule has 0 aliphatic heterocycles. The van der Waals surface area contributed by atoms with Gasteiger partial charge in [0.2, 0.25) is 0 Å². The predicted octanol–water partition coefficient (Wildman–Crippen LogP) is 3.40. The Labute approximate surface area is 86.3 Å². The Kier molecular flexibility index (Phi) is 5.21. The van der Waals surface area contributed by atoms with Crippen LogP contribution in [0.1, 0.15) is 40.0 Å². The van der Waals surface area contributed by atoms with Crippen LogP contribution in [0.5, 0.6) is 0 Å². The van der Waals surface area contributed by atoms with E-state index < -0.39 is 5.97 Å². The predicted molar refractivity (Wildman–Crippen MR) is 59.2 cm³/mol. The summed E-state index contributed by atoms with van der Waals surface area (Å²) in [6.07, 6.45) is 5.94. The van der Waals surface area contributed by atoms with Gasteiger partial charge in [0.25, 0.3) is 0 Å². The summed E-state index contributed by atoms with van der Waals surface area (Å²) in [4.78, 5) is 10.5. The van der Waals surface area contributed by atoms with E-state index in [4.69, 9.17) is 5.11 Å². The lowest BCUT2D eigenvalue weighted by Gasteiger charge is -2.21. The van der Waals surface area contributed by atoms with Crippen LogP contribution in [-0.2, 0) is 4.79 Å². The van der Waals surface area contributed by atoms with Crippen LogP contribution in [-0.4, -0.2) is 11.1 Å². The van der Waals surface area contributed by atoms with Crippen molar-refractivity contribution in [1.82, 2.24) is 0 Å². The third kappa shape index (κ3) is 6.46. The second-order valence-corrected chi connectivity index (χ2v) is 4.43. The first kappa shape index (κ1) is 12.9. The molecule has 0 spiro atoms. The minimum absolute atomic E-state index is 0.121. The van der Waals surface area contributed by atoms with E-state index in [1.54, 1.807) is 0 Å². The Morgan fingerprint density at radius 3 is 2.50 bits per heavy atom. The number of allylic oxidation sites excluding steroid dienone is 3. The molecule has 1 N–H and O–H groups in total. The maximum Gasteiger partial charge on any atom is 0.303 e. The van der Waals surface area contributed by atoms with Crippen molar-refractivity contribution in [2.45, 2.75) is 40.0 Å². The van der Waals surface area contributed by atoms with Crippen LogP contribution in [0.3, 0.4) is 0 Å². The Morgan fingerprint density at radius 1 is 1.50 bits per heavy atom.